The Hall–Kier alpha value is -2.54. The second-order valence-electron chi connectivity index (χ2n) is 5.45. The molecule has 0 heterocycles. The number of hydrogen-bond acceptors (Lipinski definition) is 1. The molecule has 0 radical (unpaired) electrons. The Kier molecular flexibility index (Phi) is 4.24. The fourth-order valence-corrected chi connectivity index (χ4v) is 3.02. The topological polar surface area (TPSA) is 20.2 Å². The summed E-state index contributed by atoms with van der Waals surface area (Å²) in [5.74, 6) is 0.618. The maximum atomic E-state index is 9.54. The molecule has 22 heavy (non-hydrogen) atoms. The summed E-state index contributed by atoms with van der Waals surface area (Å²) >= 11 is 0. The molecular weight excluding hydrogens is 268 g/mol. The quantitative estimate of drug-likeness (QED) is 0.741. The SMILES string of the molecule is CC/C(=C(\c1ccccc1)C1C=CC=C1)c1ccc(O)cc1. The van der Waals surface area contributed by atoms with Gasteiger partial charge in [0.2, 0.25) is 0 Å². The van der Waals surface area contributed by atoms with Gasteiger partial charge in [0.15, 0.2) is 0 Å². The third-order valence-electron chi connectivity index (χ3n) is 4.06. The van der Waals surface area contributed by atoms with Gasteiger partial charge >= 0.3 is 0 Å². The first-order valence-electron chi connectivity index (χ1n) is 7.72. The third-order valence-corrected chi connectivity index (χ3v) is 4.06. The van der Waals surface area contributed by atoms with Gasteiger partial charge < -0.3 is 5.11 Å². The lowest BCUT2D eigenvalue weighted by Crippen LogP contribution is -2.00. The zero-order valence-corrected chi connectivity index (χ0v) is 12.7. The van der Waals surface area contributed by atoms with E-state index in [4.69, 9.17) is 0 Å². The van der Waals surface area contributed by atoms with E-state index in [0.29, 0.717) is 11.7 Å². The van der Waals surface area contributed by atoms with Gasteiger partial charge in [-0.2, -0.15) is 0 Å². The minimum absolute atomic E-state index is 0.307. The number of benzene rings is 2. The van der Waals surface area contributed by atoms with Crippen molar-refractivity contribution in [2.75, 3.05) is 0 Å². The van der Waals surface area contributed by atoms with Gasteiger partial charge in [0.1, 0.15) is 5.75 Å². The number of allylic oxidation sites excluding steroid dienone is 6. The minimum Gasteiger partial charge on any atom is -0.508 e. The smallest absolute Gasteiger partial charge is 0.115 e. The van der Waals surface area contributed by atoms with Crippen LogP contribution in [0.15, 0.2) is 78.9 Å². The number of hydrogen-bond donors (Lipinski definition) is 1. The van der Waals surface area contributed by atoms with E-state index in [1.807, 2.05) is 18.2 Å². The molecule has 1 aliphatic rings. The Bertz CT molecular complexity index is 706. The lowest BCUT2D eigenvalue weighted by atomic mass is 9.85. The van der Waals surface area contributed by atoms with Gasteiger partial charge in [0, 0.05) is 5.92 Å². The Morgan fingerprint density at radius 2 is 1.50 bits per heavy atom. The van der Waals surface area contributed by atoms with Crippen LogP contribution in [-0.4, -0.2) is 5.11 Å². The molecular formula is C21H20O. The standard InChI is InChI=1S/C21H20O/c1-2-20(16-12-14-19(22)15-13-16)21(18-10-6-7-11-18)17-8-4-3-5-9-17/h3-15,18,22H,2H2,1H3/b21-20-. The van der Waals surface area contributed by atoms with Crippen molar-refractivity contribution in [1.82, 2.24) is 0 Å². The second kappa shape index (κ2) is 6.48. The highest BCUT2D eigenvalue weighted by atomic mass is 16.3. The molecule has 2 aromatic rings. The first-order valence-corrected chi connectivity index (χ1v) is 7.72. The summed E-state index contributed by atoms with van der Waals surface area (Å²) in [5.41, 5.74) is 5.10. The maximum absolute atomic E-state index is 9.54. The van der Waals surface area contributed by atoms with Gasteiger partial charge in [-0.3, -0.25) is 0 Å². The van der Waals surface area contributed by atoms with Crippen molar-refractivity contribution in [3.05, 3.63) is 90.0 Å². The molecule has 2 aromatic carbocycles. The molecule has 0 bridgehead atoms. The van der Waals surface area contributed by atoms with Crippen LogP contribution >= 0.6 is 0 Å². The summed E-state index contributed by atoms with van der Waals surface area (Å²) in [6.45, 7) is 2.19. The molecule has 0 saturated heterocycles. The van der Waals surface area contributed by atoms with E-state index in [1.165, 1.54) is 22.3 Å². The molecule has 3 rings (SSSR count). The maximum Gasteiger partial charge on any atom is 0.115 e. The molecule has 0 aliphatic heterocycles. The van der Waals surface area contributed by atoms with Crippen LogP contribution in [0.1, 0.15) is 24.5 Å². The van der Waals surface area contributed by atoms with E-state index in [2.05, 4.69) is 55.5 Å². The molecule has 0 atom stereocenters. The molecule has 0 unspecified atom stereocenters. The lowest BCUT2D eigenvalue weighted by molar-refractivity contribution is 0.475. The summed E-state index contributed by atoms with van der Waals surface area (Å²) in [4.78, 5) is 0. The fraction of sp³-hybridized carbons (Fsp3) is 0.143. The van der Waals surface area contributed by atoms with E-state index >= 15 is 0 Å². The highest BCUT2D eigenvalue weighted by Crippen LogP contribution is 2.37. The van der Waals surface area contributed by atoms with Gasteiger partial charge in [-0.1, -0.05) is 73.7 Å². The number of aromatic hydroxyl groups is 1. The molecule has 1 aliphatic carbocycles. The van der Waals surface area contributed by atoms with Crippen molar-refractivity contribution >= 4 is 11.1 Å². The predicted octanol–water partition coefficient (Wildman–Crippen LogP) is 5.46. The summed E-state index contributed by atoms with van der Waals surface area (Å²) < 4.78 is 0. The number of phenolic OH excluding ortho intramolecular Hbond substituents is 1. The Balaban J connectivity index is 2.18. The summed E-state index contributed by atoms with van der Waals surface area (Å²) in [5, 5.41) is 9.54. The highest BCUT2D eigenvalue weighted by Gasteiger charge is 2.17. The van der Waals surface area contributed by atoms with E-state index in [0.717, 1.165) is 6.42 Å². The van der Waals surface area contributed by atoms with Crippen LogP contribution in [0.4, 0.5) is 0 Å². The number of phenols is 1. The minimum atomic E-state index is 0.307. The summed E-state index contributed by atoms with van der Waals surface area (Å²) in [7, 11) is 0. The Labute approximate surface area is 131 Å². The third kappa shape index (κ3) is 2.89. The zero-order chi connectivity index (χ0) is 15.4. The van der Waals surface area contributed by atoms with Gasteiger partial charge in [0.05, 0.1) is 0 Å². The molecule has 0 amide bonds. The average molecular weight is 288 g/mol. The molecule has 0 aromatic heterocycles. The van der Waals surface area contributed by atoms with Gasteiger partial charge in [-0.05, 0) is 40.8 Å². The van der Waals surface area contributed by atoms with Crippen LogP contribution in [0, 0.1) is 5.92 Å². The van der Waals surface area contributed by atoms with Gasteiger partial charge in [-0.15, -0.1) is 0 Å². The molecule has 110 valence electrons. The summed E-state index contributed by atoms with van der Waals surface area (Å²) in [6.07, 6.45) is 9.64. The molecule has 1 N–H and O–H groups in total. The molecule has 0 fully saturated rings. The Morgan fingerprint density at radius 3 is 2.09 bits per heavy atom. The second-order valence-corrected chi connectivity index (χ2v) is 5.45. The molecule has 0 spiro atoms. The van der Waals surface area contributed by atoms with E-state index in [9.17, 15) is 5.11 Å². The predicted molar refractivity (Wildman–Crippen MR) is 93.4 cm³/mol. The normalized spacial score (nSPS) is 15.1. The molecule has 1 nitrogen and oxygen atoms in total. The largest absolute Gasteiger partial charge is 0.508 e. The van der Waals surface area contributed by atoms with E-state index in [1.54, 1.807) is 12.1 Å². The van der Waals surface area contributed by atoms with Crippen molar-refractivity contribution < 1.29 is 5.11 Å². The van der Waals surface area contributed by atoms with Crippen molar-refractivity contribution in [3.63, 3.8) is 0 Å². The number of rotatable bonds is 4. The summed E-state index contributed by atoms with van der Waals surface area (Å²) in [6, 6.07) is 18.1. The molecule has 0 saturated carbocycles. The monoisotopic (exact) mass is 288 g/mol. The van der Waals surface area contributed by atoms with E-state index < -0.39 is 0 Å². The van der Waals surface area contributed by atoms with Crippen molar-refractivity contribution in [3.8, 4) is 5.75 Å². The first-order chi connectivity index (χ1) is 10.8. The highest BCUT2D eigenvalue weighted by molar-refractivity contribution is 5.93. The van der Waals surface area contributed by atoms with Crippen LogP contribution in [-0.2, 0) is 0 Å². The van der Waals surface area contributed by atoms with Crippen molar-refractivity contribution in [1.29, 1.82) is 0 Å². The van der Waals surface area contributed by atoms with E-state index in [-0.39, 0.29) is 0 Å². The zero-order valence-electron chi connectivity index (χ0n) is 12.7. The van der Waals surface area contributed by atoms with Crippen LogP contribution in [0.2, 0.25) is 0 Å². The lowest BCUT2D eigenvalue weighted by Gasteiger charge is -2.19. The van der Waals surface area contributed by atoms with Crippen LogP contribution in [0.5, 0.6) is 5.75 Å². The molecule has 1 heteroatoms. The van der Waals surface area contributed by atoms with Gasteiger partial charge in [-0.25, -0.2) is 0 Å². The van der Waals surface area contributed by atoms with Crippen molar-refractivity contribution in [2.45, 2.75) is 13.3 Å². The van der Waals surface area contributed by atoms with Crippen molar-refractivity contribution in [2.24, 2.45) is 5.92 Å². The van der Waals surface area contributed by atoms with Crippen LogP contribution in [0.3, 0.4) is 0 Å². The fourth-order valence-electron chi connectivity index (χ4n) is 3.02. The first kappa shape index (κ1) is 14.4. The van der Waals surface area contributed by atoms with Gasteiger partial charge in [0.25, 0.3) is 0 Å². The Morgan fingerprint density at radius 1 is 0.864 bits per heavy atom. The average Bonchev–Trinajstić information content (AvgIpc) is 3.08. The van der Waals surface area contributed by atoms with Crippen LogP contribution < -0.4 is 0 Å². The van der Waals surface area contributed by atoms with Crippen LogP contribution in [0.25, 0.3) is 11.1 Å².